The second kappa shape index (κ2) is 13.8. The molecule has 5 heteroatoms. The summed E-state index contributed by atoms with van der Waals surface area (Å²) in [4.78, 5) is 10.4. The van der Waals surface area contributed by atoms with E-state index in [0.29, 0.717) is 5.82 Å². The van der Waals surface area contributed by atoms with Gasteiger partial charge in [0.05, 0.1) is 22.8 Å². The van der Waals surface area contributed by atoms with Crippen LogP contribution in [0.4, 0.5) is 0 Å². The van der Waals surface area contributed by atoms with Crippen molar-refractivity contribution in [2.45, 2.75) is 44.9 Å². The minimum atomic E-state index is 0.212. The number of para-hydroxylation sites is 1. The van der Waals surface area contributed by atoms with Crippen LogP contribution in [0, 0.1) is 5.92 Å². The first-order valence-corrected chi connectivity index (χ1v) is 20.2. The van der Waals surface area contributed by atoms with Crippen LogP contribution in [0.3, 0.4) is 0 Å². The lowest BCUT2D eigenvalue weighted by Gasteiger charge is -2.40. The average Bonchev–Trinajstić information content (AvgIpc) is 3.90. The Bertz CT molecular complexity index is 2710. The molecule has 2 aliphatic heterocycles. The van der Waals surface area contributed by atoms with Gasteiger partial charge in [0.2, 0.25) is 0 Å². The number of hydrogen-bond donors (Lipinski definition) is 1. The summed E-state index contributed by atoms with van der Waals surface area (Å²) in [5.74, 6) is 1.98. The van der Waals surface area contributed by atoms with Crippen molar-refractivity contribution in [3.05, 3.63) is 196 Å². The van der Waals surface area contributed by atoms with Crippen LogP contribution < -0.4 is 5.43 Å². The lowest BCUT2D eigenvalue weighted by molar-refractivity contribution is 0.349. The first kappa shape index (κ1) is 33.1. The molecule has 1 N–H and O–H groups in total. The maximum Gasteiger partial charge on any atom is 0.160 e. The average molecular weight is 727 g/mol. The molecule has 0 amide bonds. The molecule has 0 saturated heterocycles. The zero-order valence-corrected chi connectivity index (χ0v) is 31.3. The van der Waals surface area contributed by atoms with Crippen molar-refractivity contribution in [2.24, 2.45) is 5.92 Å². The van der Waals surface area contributed by atoms with Crippen molar-refractivity contribution in [1.82, 2.24) is 20.4 Å². The van der Waals surface area contributed by atoms with Gasteiger partial charge in [0.25, 0.3) is 0 Å². The van der Waals surface area contributed by atoms with Gasteiger partial charge >= 0.3 is 0 Å². The van der Waals surface area contributed by atoms with E-state index in [2.05, 4.69) is 150 Å². The number of rotatable bonds is 6. The van der Waals surface area contributed by atoms with E-state index >= 15 is 0 Å². The Labute approximate surface area is 327 Å². The molecule has 3 aromatic carbocycles. The number of aryl methyl sites for hydroxylation is 1. The zero-order chi connectivity index (χ0) is 37.0. The van der Waals surface area contributed by atoms with Crippen molar-refractivity contribution in [3.8, 4) is 22.6 Å². The number of furan rings is 1. The van der Waals surface area contributed by atoms with Crippen LogP contribution in [-0.4, -0.2) is 21.5 Å². The van der Waals surface area contributed by atoms with Gasteiger partial charge in [0.15, 0.2) is 5.82 Å². The Morgan fingerprint density at radius 3 is 2.34 bits per heavy atom. The Morgan fingerprint density at radius 1 is 0.714 bits per heavy atom. The van der Waals surface area contributed by atoms with Gasteiger partial charge in [-0.05, 0) is 84.1 Å². The third-order valence-electron chi connectivity index (χ3n) is 12.0. The SMILES string of the molecule is C1=CCCC(C2=C(C3C=CC(c4cc(-c5cccc6c7c(oc56)CCC=C7)nc(-c5ccccc5)n4)=CC3)C3=C(CCC=C3)C3=C(c4ccccc4)CNN32)=C1. The van der Waals surface area contributed by atoms with E-state index in [1.54, 1.807) is 0 Å². The third kappa shape index (κ3) is 5.57. The number of hydrogen-bond acceptors (Lipinski definition) is 5. The summed E-state index contributed by atoms with van der Waals surface area (Å²) in [6, 6.07) is 29.8. The molecule has 5 nitrogen and oxygen atoms in total. The smallest absolute Gasteiger partial charge is 0.160 e. The first-order valence-electron chi connectivity index (χ1n) is 20.2. The molecular weight excluding hydrogens is 685 g/mol. The first-order chi connectivity index (χ1) is 27.8. The Kier molecular flexibility index (Phi) is 8.13. The number of allylic oxidation sites excluding steroid dienone is 14. The summed E-state index contributed by atoms with van der Waals surface area (Å²) in [6.45, 7) is 0.815. The van der Waals surface area contributed by atoms with Crippen LogP contribution in [0.5, 0.6) is 0 Å². The molecule has 2 aromatic heterocycles. The maximum absolute atomic E-state index is 6.58. The second-order valence-electron chi connectivity index (χ2n) is 15.4. The van der Waals surface area contributed by atoms with Gasteiger partial charge in [-0.15, -0.1) is 0 Å². The number of hydrazine groups is 1. The van der Waals surface area contributed by atoms with Crippen molar-refractivity contribution in [2.75, 3.05) is 6.54 Å². The van der Waals surface area contributed by atoms with Gasteiger partial charge in [-0.2, -0.15) is 0 Å². The van der Waals surface area contributed by atoms with Crippen LogP contribution in [0.25, 0.3) is 50.8 Å². The van der Waals surface area contributed by atoms with Crippen molar-refractivity contribution >= 4 is 28.2 Å². The number of nitrogens with one attached hydrogen (secondary N) is 1. The van der Waals surface area contributed by atoms with Crippen LogP contribution in [0.2, 0.25) is 0 Å². The molecule has 0 radical (unpaired) electrons. The maximum atomic E-state index is 6.58. The zero-order valence-electron chi connectivity index (χ0n) is 31.3. The molecule has 56 heavy (non-hydrogen) atoms. The minimum Gasteiger partial charge on any atom is -0.460 e. The summed E-state index contributed by atoms with van der Waals surface area (Å²) in [7, 11) is 0. The van der Waals surface area contributed by atoms with Crippen LogP contribution in [-0.2, 0) is 6.42 Å². The number of benzene rings is 3. The molecule has 0 fully saturated rings. The van der Waals surface area contributed by atoms with Gasteiger partial charge < -0.3 is 4.42 Å². The van der Waals surface area contributed by atoms with E-state index in [0.717, 1.165) is 96.3 Å². The molecule has 4 aliphatic carbocycles. The molecule has 1 unspecified atom stereocenters. The molecule has 0 spiro atoms. The topological polar surface area (TPSA) is 54.2 Å². The molecule has 1 atom stereocenters. The molecule has 272 valence electrons. The van der Waals surface area contributed by atoms with Crippen LogP contribution in [0.15, 0.2) is 178 Å². The highest BCUT2D eigenvalue weighted by Crippen LogP contribution is 2.50. The largest absolute Gasteiger partial charge is 0.460 e. The van der Waals surface area contributed by atoms with Gasteiger partial charge in [-0.1, -0.05) is 134 Å². The van der Waals surface area contributed by atoms with Gasteiger partial charge in [-0.3, -0.25) is 5.01 Å². The van der Waals surface area contributed by atoms with Crippen molar-refractivity contribution < 1.29 is 4.42 Å². The number of aromatic nitrogens is 2. The summed E-state index contributed by atoms with van der Waals surface area (Å²) in [6.07, 6.45) is 30.2. The normalized spacial score (nSPS) is 20.1. The molecule has 4 heterocycles. The monoisotopic (exact) mass is 726 g/mol. The predicted molar refractivity (Wildman–Crippen MR) is 227 cm³/mol. The lowest BCUT2D eigenvalue weighted by Crippen LogP contribution is -2.37. The molecular formula is C51H42N4O. The Morgan fingerprint density at radius 2 is 1.52 bits per heavy atom. The van der Waals surface area contributed by atoms with E-state index in [1.165, 1.54) is 50.4 Å². The molecule has 0 bridgehead atoms. The summed E-state index contributed by atoms with van der Waals surface area (Å²) >= 11 is 0. The standard InChI is InChI=1S/C51H42N4O/c1-4-15-33(16-5-1)43-32-52-55-48(36-17-6-2-7-18-36)47(39-22-10-11-23-40(39)49(43)55)35-29-27-34(28-30-35)44-31-45(54-51(53-44)37-19-8-3-9-20-37)42-25-14-24-41-38-21-12-13-26-46(38)56-50(41)42/h1-6,8-10,12,14-17,19-22,24-25,27-29,31,35,52H,7,11,13,18,23,26,30,32H2. The fourth-order valence-electron chi connectivity index (χ4n) is 9.39. The quantitative estimate of drug-likeness (QED) is 0.189. The third-order valence-corrected chi connectivity index (χ3v) is 12.0. The fraction of sp³-hybridized carbons (Fsp3) is 0.176. The van der Waals surface area contributed by atoms with Crippen molar-refractivity contribution in [3.63, 3.8) is 0 Å². The molecule has 6 aliphatic rings. The van der Waals surface area contributed by atoms with Gasteiger partial charge in [0.1, 0.15) is 11.3 Å². The highest BCUT2D eigenvalue weighted by Gasteiger charge is 2.39. The number of nitrogens with zero attached hydrogens (tertiary/aromatic N) is 3. The van der Waals surface area contributed by atoms with Crippen LogP contribution in [0.1, 0.15) is 61.1 Å². The highest BCUT2D eigenvalue weighted by molar-refractivity contribution is 5.98. The van der Waals surface area contributed by atoms with Crippen molar-refractivity contribution in [1.29, 1.82) is 0 Å². The van der Waals surface area contributed by atoms with Crippen LogP contribution >= 0.6 is 0 Å². The molecule has 11 rings (SSSR count). The molecule has 5 aromatic rings. The highest BCUT2D eigenvalue weighted by atomic mass is 16.3. The van der Waals surface area contributed by atoms with E-state index < -0.39 is 0 Å². The van der Waals surface area contributed by atoms with Gasteiger partial charge in [0, 0.05) is 46.5 Å². The second-order valence-corrected chi connectivity index (χ2v) is 15.4. The fourth-order valence-corrected chi connectivity index (χ4v) is 9.39. The molecule has 0 saturated carbocycles. The van der Waals surface area contributed by atoms with E-state index in [9.17, 15) is 0 Å². The predicted octanol–water partition coefficient (Wildman–Crippen LogP) is 11.9. The van der Waals surface area contributed by atoms with E-state index in [4.69, 9.17) is 14.4 Å². The van der Waals surface area contributed by atoms with Gasteiger partial charge in [-0.25, -0.2) is 15.4 Å². The summed E-state index contributed by atoms with van der Waals surface area (Å²) < 4.78 is 6.58. The van der Waals surface area contributed by atoms with E-state index in [-0.39, 0.29) is 5.92 Å². The van der Waals surface area contributed by atoms with E-state index in [1.807, 2.05) is 6.07 Å². The Hall–Kier alpha value is -6.30. The minimum absolute atomic E-state index is 0.212. The summed E-state index contributed by atoms with van der Waals surface area (Å²) in [5, 5.41) is 3.60. The Balaban J connectivity index is 1.02. The number of fused-ring (bicyclic) bond motifs is 5. The summed E-state index contributed by atoms with van der Waals surface area (Å²) in [5.41, 5.74) is 21.9. The lowest BCUT2D eigenvalue weighted by atomic mass is 9.75.